The molecular weight excluding hydrogens is 262 g/mol. The molecule has 3 N–H and O–H groups in total. The molecule has 2 aliphatic rings. The van der Waals surface area contributed by atoms with E-state index in [0.29, 0.717) is 6.04 Å². The minimum Gasteiger partial charge on any atom is -0.399 e. The van der Waals surface area contributed by atoms with E-state index in [1.165, 1.54) is 38.8 Å². The van der Waals surface area contributed by atoms with E-state index in [1.54, 1.807) is 6.33 Å². The SMILES string of the molecule is Nc1ccc2ncnc(NC3CCN4CCCC4C3)c2c1. The number of fused-ring (bicyclic) bond motifs is 2. The predicted molar refractivity (Wildman–Crippen MR) is 85.2 cm³/mol. The zero-order chi connectivity index (χ0) is 14.2. The molecule has 0 spiro atoms. The summed E-state index contributed by atoms with van der Waals surface area (Å²) < 4.78 is 0. The molecule has 1 aromatic heterocycles. The van der Waals surface area contributed by atoms with Crippen LogP contribution in [0.3, 0.4) is 0 Å². The number of hydrogen-bond acceptors (Lipinski definition) is 5. The molecule has 2 fully saturated rings. The van der Waals surface area contributed by atoms with Gasteiger partial charge in [0.15, 0.2) is 0 Å². The highest BCUT2D eigenvalue weighted by Gasteiger charge is 2.31. The van der Waals surface area contributed by atoms with E-state index in [4.69, 9.17) is 5.73 Å². The van der Waals surface area contributed by atoms with E-state index in [0.717, 1.165) is 28.5 Å². The molecule has 0 aliphatic carbocycles. The molecule has 2 aromatic rings. The lowest BCUT2D eigenvalue weighted by Gasteiger charge is -2.35. The van der Waals surface area contributed by atoms with Gasteiger partial charge in [-0.2, -0.15) is 0 Å². The second-order valence-corrected chi connectivity index (χ2v) is 6.20. The van der Waals surface area contributed by atoms with E-state index in [9.17, 15) is 0 Å². The number of nitrogens with one attached hydrogen (secondary N) is 1. The Balaban J connectivity index is 1.58. The van der Waals surface area contributed by atoms with Gasteiger partial charge in [0.25, 0.3) is 0 Å². The fraction of sp³-hybridized carbons (Fsp3) is 0.500. The Labute approximate surface area is 124 Å². The monoisotopic (exact) mass is 283 g/mol. The van der Waals surface area contributed by atoms with Gasteiger partial charge in [0, 0.05) is 29.7 Å². The number of nitrogen functional groups attached to an aromatic ring is 1. The lowest BCUT2D eigenvalue weighted by atomic mass is 9.97. The molecule has 110 valence electrons. The summed E-state index contributed by atoms with van der Waals surface area (Å²) in [5, 5.41) is 4.65. The third-order valence-corrected chi connectivity index (χ3v) is 4.82. The smallest absolute Gasteiger partial charge is 0.137 e. The van der Waals surface area contributed by atoms with Gasteiger partial charge in [-0.25, -0.2) is 9.97 Å². The first-order valence-corrected chi connectivity index (χ1v) is 7.80. The van der Waals surface area contributed by atoms with E-state index in [1.807, 2.05) is 18.2 Å². The molecule has 2 saturated heterocycles. The molecule has 3 heterocycles. The van der Waals surface area contributed by atoms with Crippen LogP contribution in [0.2, 0.25) is 0 Å². The van der Waals surface area contributed by atoms with Gasteiger partial charge in [-0.05, 0) is 50.4 Å². The minimum absolute atomic E-state index is 0.504. The molecule has 4 rings (SSSR count). The van der Waals surface area contributed by atoms with Gasteiger partial charge in [0.1, 0.15) is 12.1 Å². The molecule has 5 nitrogen and oxygen atoms in total. The number of nitrogens with two attached hydrogens (primary N) is 1. The lowest BCUT2D eigenvalue weighted by molar-refractivity contribution is 0.188. The lowest BCUT2D eigenvalue weighted by Crippen LogP contribution is -2.42. The number of nitrogens with zero attached hydrogens (tertiary/aromatic N) is 3. The van der Waals surface area contributed by atoms with Gasteiger partial charge in [-0.1, -0.05) is 0 Å². The topological polar surface area (TPSA) is 67.1 Å². The third kappa shape index (κ3) is 2.42. The van der Waals surface area contributed by atoms with Gasteiger partial charge >= 0.3 is 0 Å². The normalized spacial score (nSPS) is 25.9. The molecule has 2 atom stereocenters. The van der Waals surface area contributed by atoms with E-state index >= 15 is 0 Å². The molecule has 21 heavy (non-hydrogen) atoms. The van der Waals surface area contributed by atoms with Crippen molar-refractivity contribution in [2.75, 3.05) is 24.1 Å². The number of piperidine rings is 1. The average Bonchev–Trinajstić information content (AvgIpc) is 2.95. The van der Waals surface area contributed by atoms with E-state index < -0.39 is 0 Å². The van der Waals surface area contributed by atoms with Crippen molar-refractivity contribution in [3.63, 3.8) is 0 Å². The summed E-state index contributed by atoms with van der Waals surface area (Å²) in [5.74, 6) is 0.920. The van der Waals surface area contributed by atoms with Crippen molar-refractivity contribution in [1.82, 2.24) is 14.9 Å². The molecule has 0 amide bonds. The maximum atomic E-state index is 5.91. The van der Waals surface area contributed by atoms with Crippen LogP contribution >= 0.6 is 0 Å². The van der Waals surface area contributed by atoms with Crippen molar-refractivity contribution in [1.29, 1.82) is 0 Å². The van der Waals surface area contributed by atoms with Crippen LogP contribution in [-0.2, 0) is 0 Å². The van der Waals surface area contributed by atoms with Crippen molar-refractivity contribution in [3.05, 3.63) is 24.5 Å². The number of hydrogen-bond donors (Lipinski definition) is 2. The molecular formula is C16H21N5. The number of benzene rings is 1. The van der Waals surface area contributed by atoms with Crippen LogP contribution in [0.4, 0.5) is 11.5 Å². The Bertz CT molecular complexity index is 656. The standard InChI is InChI=1S/C16H21N5/c17-11-3-4-15-14(8-11)16(19-10-18-15)20-12-5-7-21-6-1-2-13(21)9-12/h3-4,8,10,12-13H,1-2,5-7,9,17H2,(H,18,19,20). The van der Waals surface area contributed by atoms with Crippen molar-refractivity contribution >= 4 is 22.4 Å². The highest BCUT2D eigenvalue weighted by atomic mass is 15.2. The zero-order valence-corrected chi connectivity index (χ0v) is 12.1. The van der Waals surface area contributed by atoms with Crippen LogP contribution in [0.15, 0.2) is 24.5 Å². The van der Waals surface area contributed by atoms with E-state index in [2.05, 4.69) is 20.2 Å². The van der Waals surface area contributed by atoms with Gasteiger partial charge in [-0.3, -0.25) is 0 Å². The molecule has 2 aliphatic heterocycles. The Morgan fingerprint density at radius 3 is 3.10 bits per heavy atom. The van der Waals surface area contributed by atoms with Crippen LogP contribution < -0.4 is 11.1 Å². The number of rotatable bonds is 2. The predicted octanol–water partition coefficient (Wildman–Crippen LogP) is 2.25. The Hall–Kier alpha value is -1.88. The highest BCUT2D eigenvalue weighted by molar-refractivity contribution is 5.91. The molecule has 5 heteroatoms. The highest BCUT2D eigenvalue weighted by Crippen LogP contribution is 2.29. The van der Waals surface area contributed by atoms with Crippen LogP contribution in [-0.4, -0.2) is 40.0 Å². The van der Waals surface area contributed by atoms with Crippen molar-refractivity contribution in [3.8, 4) is 0 Å². The summed E-state index contributed by atoms with van der Waals surface area (Å²) in [7, 11) is 0. The summed E-state index contributed by atoms with van der Waals surface area (Å²) in [4.78, 5) is 11.4. The number of anilines is 2. The largest absolute Gasteiger partial charge is 0.399 e. The summed E-state index contributed by atoms with van der Waals surface area (Å²) >= 11 is 0. The first kappa shape index (κ1) is 12.8. The third-order valence-electron chi connectivity index (χ3n) is 4.82. The van der Waals surface area contributed by atoms with Gasteiger partial charge in [0.05, 0.1) is 5.52 Å². The molecule has 0 bridgehead atoms. The second kappa shape index (κ2) is 5.15. The van der Waals surface area contributed by atoms with E-state index in [-0.39, 0.29) is 0 Å². The summed E-state index contributed by atoms with van der Waals surface area (Å²) in [6, 6.07) is 7.06. The quantitative estimate of drug-likeness (QED) is 0.827. The summed E-state index contributed by atoms with van der Waals surface area (Å²) in [5.41, 5.74) is 7.61. The molecule has 0 radical (unpaired) electrons. The Morgan fingerprint density at radius 1 is 1.19 bits per heavy atom. The van der Waals surface area contributed by atoms with Crippen LogP contribution in [0.1, 0.15) is 25.7 Å². The van der Waals surface area contributed by atoms with Crippen LogP contribution in [0.5, 0.6) is 0 Å². The fourth-order valence-electron chi connectivity index (χ4n) is 3.74. The van der Waals surface area contributed by atoms with Crippen LogP contribution in [0, 0.1) is 0 Å². The van der Waals surface area contributed by atoms with Gasteiger partial charge in [-0.15, -0.1) is 0 Å². The first-order valence-electron chi connectivity index (χ1n) is 7.80. The summed E-state index contributed by atoms with van der Waals surface area (Å²) in [6.07, 6.45) is 6.73. The maximum Gasteiger partial charge on any atom is 0.137 e. The number of aromatic nitrogens is 2. The minimum atomic E-state index is 0.504. The van der Waals surface area contributed by atoms with Crippen molar-refractivity contribution in [2.45, 2.75) is 37.8 Å². The Morgan fingerprint density at radius 2 is 2.14 bits per heavy atom. The Kier molecular flexibility index (Phi) is 3.15. The zero-order valence-electron chi connectivity index (χ0n) is 12.1. The molecule has 0 saturated carbocycles. The summed E-state index contributed by atoms with van der Waals surface area (Å²) in [6.45, 7) is 2.48. The van der Waals surface area contributed by atoms with Crippen molar-refractivity contribution in [2.24, 2.45) is 0 Å². The molecule has 1 aromatic carbocycles. The average molecular weight is 283 g/mol. The first-order chi connectivity index (χ1) is 10.3. The van der Waals surface area contributed by atoms with Gasteiger partial charge < -0.3 is 16.0 Å². The van der Waals surface area contributed by atoms with Gasteiger partial charge in [0.2, 0.25) is 0 Å². The fourth-order valence-corrected chi connectivity index (χ4v) is 3.74. The molecule has 2 unspecified atom stereocenters. The van der Waals surface area contributed by atoms with Crippen LogP contribution in [0.25, 0.3) is 10.9 Å². The van der Waals surface area contributed by atoms with Crippen molar-refractivity contribution < 1.29 is 0 Å². The second-order valence-electron chi connectivity index (χ2n) is 6.20. The maximum absolute atomic E-state index is 5.91.